The number of nitrogens with zero attached hydrogens (tertiary/aromatic N) is 3. The first kappa shape index (κ1) is 19.4. The molecule has 2 aromatic rings. The number of hydrogen-bond acceptors (Lipinski definition) is 5. The summed E-state index contributed by atoms with van der Waals surface area (Å²) in [6.07, 6.45) is 3.42. The fourth-order valence-electron chi connectivity index (χ4n) is 3.07. The lowest BCUT2D eigenvalue weighted by molar-refractivity contribution is 0.440. The SMILES string of the molecule is CCCNC(=S)Nc1nc(Oc2ccccc2)cc(N2CCC[C@H](C)C2)n1. The average molecular weight is 386 g/mol. The lowest BCUT2D eigenvalue weighted by Crippen LogP contribution is -2.35. The normalized spacial score (nSPS) is 16.7. The van der Waals surface area contributed by atoms with Crippen molar-refractivity contribution in [3.63, 3.8) is 0 Å². The van der Waals surface area contributed by atoms with E-state index in [1.165, 1.54) is 12.8 Å². The number of para-hydroxylation sites is 1. The summed E-state index contributed by atoms with van der Waals surface area (Å²) in [7, 11) is 0. The Bertz CT molecular complexity index is 755. The highest BCUT2D eigenvalue weighted by Crippen LogP contribution is 2.27. The molecule has 2 heterocycles. The van der Waals surface area contributed by atoms with Gasteiger partial charge in [-0.2, -0.15) is 9.97 Å². The minimum Gasteiger partial charge on any atom is -0.439 e. The van der Waals surface area contributed by atoms with Crippen molar-refractivity contribution in [2.75, 3.05) is 29.9 Å². The van der Waals surface area contributed by atoms with Gasteiger partial charge in [0.1, 0.15) is 11.6 Å². The highest BCUT2D eigenvalue weighted by Gasteiger charge is 2.20. The van der Waals surface area contributed by atoms with Gasteiger partial charge in [0.25, 0.3) is 0 Å². The molecule has 7 heteroatoms. The molecule has 144 valence electrons. The van der Waals surface area contributed by atoms with Crippen LogP contribution in [0.4, 0.5) is 11.8 Å². The van der Waals surface area contributed by atoms with E-state index in [1.807, 2.05) is 36.4 Å². The number of nitrogens with one attached hydrogen (secondary N) is 2. The number of rotatable bonds is 6. The first-order chi connectivity index (χ1) is 13.1. The zero-order chi connectivity index (χ0) is 19.1. The van der Waals surface area contributed by atoms with E-state index in [-0.39, 0.29) is 0 Å². The number of benzene rings is 1. The zero-order valence-corrected chi connectivity index (χ0v) is 16.8. The van der Waals surface area contributed by atoms with Crippen LogP contribution < -0.4 is 20.3 Å². The van der Waals surface area contributed by atoms with Crippen LogP contribution in [0.15, 0.2) is 36.4 Å². The molecule has 1 saturated heterocycles. The number of piperidine rings is 1. The summed E-state index contributed by atoms with van der Waals surface area (Å²) < 4.78 is 5.96. The van der Waals surface area contributed by atoms with E-state index < -0.39 is 0 Å². The van der Waals surface area contributed by atoms with E-state index in [0.717, 1.165) is 37.6 Å². The van der Waals surface area contributed by atoms with Crippen LogP contribution in [-0.4, -0.2) is 34.7 Å². The van der Waals surface area contributed by atoms with Crippen LogP contribution in [0.3, 0.4) is 0 Å². The van der Waals surface area contributed by atoms with Gasteiger partial charge in [-0.15, -0.1) is 0 Å². The lowest BCUT2D eigenvalue weighted by Gasteiger charge is -2.32. The molecule has 0 amide bonds. The van der Waals surface area contributed by atoms with E-state index >= 15 is 0 Å². The first-order valence-electron chi connectivity index (χ1n) is 9.56. The van der Waals surface area contributed by atoms with Gasteiger partial charge in [0.15, 0.2) is 5.11 Å². The van der Waals surface area contributed by atoms with Gasteiger partial charge in [-0.05, 0) is 49.5 Å². The first-order valence-corrected chi connectivity index (χ1v) is 9.96. The topological polar surface area (TPSA) is 62.3 Å². The van der Waals surface area contributed by atoms with Crippen molar-refractivity contribution >= 4 is 29.1 Å². The summed E-state index contributed by atoms with van der Waals surface area (Å²) in [5.41, 5.74) is 0. The Morgan fingerprint density at radius 2 is 2.11 bits per heavy atom. The van der Waals surface area contributed by atoms with E-state index in [1.54, 1.807) is 0 Å². The summed E-state index contributed by atoms with van der Waals surface area (Å²) in [5, 5.41) is 6.75. The minimum absolute atomic E-state index is 0.449. The molecular weight excluding hydrogens is 358 g/mol. The van der Waals surface area contributed by atoms with Gasteiger partial charge in [-0.1, -0.05) is 32.0 Å². The molecule has 6 nitrogen and oxygen atoms in total. The van der Waals surface area contributed by atoms with Crippen molar-refractivity contribution in [1.82, 2.24) is 15.3 Å². The van der Waals surface area contributed by atoms with Gasteiger partial charge in [0.2, 0.25) is 11.8 Å². The third-order valence-electron chi connectivity index (χ3n) is 4.40. The van der Waals surface area contributed by atoms with Crippen molar-refractivity contribution < 1.29 is 4.74 Å². The van der Waals surface area contributed by atoms with Crippen LogP contribution in [0.25, 0.3) is 0 Å². The monoisotopic (exact) mass is 385 g/mol. The minimum atomic E-state index is 0.449. The molecular formula is C20H27N5OS. The molecule has 0 saturated carbocycles. The van der Waals surface area contributed by atoms with E-state index in [2.05, 4.69) is 39.3 Å². The summed E-state index contributed by atoms with van der Waals surface area (Å²) in [4.78, 5) is 11.5. The molecule has 1 aromatic heterocycles. The van der Waals surface area contributed by atoms with Crippen LogP contribution in [-0.2, 0) is 0 Å². The van der Waals surface area contributed by atoms with Crippen LogP contribution >= 0.6 is 12.2 Å². The van der Waals surface area contributed by atoms with Crippen molar-refractivity contribution in [1.29, 1.82) is 0 Å². The molecule has 0 radical (unpaired) electrons. The maximum absolute atomic E-state index is 5.96. The second-order valence-electron chi connectivity index (χ2n) is 6.88. The van der Waals surface area contributed by atoms with Gasteiger partial charge in [0, 0.05) is 25.7 Å². The molecule has 1 aromatic carbocycles. The highest BCUT2D eigenvalue weighted by atomic mass is 32.1. The van der Waals surface area contributed by atoms with Crippen molar-refractivity contribution in [3.8, 4) is 11.6 Å². The lowest BCUT2D eigenvalue weighted by atomic mass is 10.0. The molecule has 1 atom stereocenters. The highest BCUT2D eigenvalue weighted by molar-refractivity contribution is 7.80. The molecule has 1 fully saturated rings. The Hall–Kier alpha value is -2.41. The molecule has 0 bridgehead atoms. The van der Waals surface area contributed by atoms with Gasteiger partial charge in [-0.3, -0.25) is 0 Å². The molecule has 1 aliphatic rings. The number of hydrogen-bond donors (Lipinski definition) is 2. The standard InChI is InChI=1S/C20H27N5OS/c1-3-11-21-20(27)24-19-22-17(25-12-7-8-15(2)14-25)13-18(23-19)26-16-9-5-4-6-10-16/h4-6,9-10,13,15H,3,7-8,11-12,14H2,1-2H3,(H2,21,22,23,24,27)/t15-/m0/s1. The number of ether oxygens (including phenoxy) is 1. The quantitative estimate of drug-likeness (QED) is 0.723. The summed E-state index contributed by atoms with van der Waals surface area (Å²) in [6.45, 7) is 7.15. The third kappa shape index (κ3) is 5.79. The molecule has 27 heavy (non-hydrogen) atoms. The zero-order valence-electron chi connectivity index (χ0n) is 15.9. The fraction of sp³-hybridized carbons (Fsp3) is 0.450. The molecule has 2 N–H and O–H groups in total. The Balaban J connectivity index is 1.83. The van der Waals surface area contributed by atoms with Gasteiger partial charge in [0.05, 0.1) is 0 Å². The molecule has 1 aliphatic heterocycles. The molecule has 3 rings (SSSR count). The van der Waals surface area contributed by atoms with Crippen molar-refractivity contribution in [2.45, 2.75) is 33.1 Å². The third-order valence-corrected chi connectivity index (χ3v) is 4.64. The summed E-state index contributed by atoms with van der Waals surface area (Å²) >= 11 is 5.34. The fourth-order valence-corrected chi connectivity index (χ4v) is 3.27. The predicted octanol–water partition coefficient (Wildman–Crippen LogP) is 4.20. The molecule has 0 aliphatic carbocycles. The van der Waals surface area contributed by atoms with Crippen molar-refractivity contribution in [2.24, 2.45) is 5.92 Å². The van der Waals surface area contributed by atoms with E-state index in [0.29, 0.717) is 22.9 Å². The van der Waals surface area contributed by atoms with Crippen molar-refractivity contribution in [3.05, 3.63) is 36.4 Å². The van der Waals surface area contributed by atoms with E-state index in [4.69, 9.17) is 17.0 Å². The largest absolute Gasteiger partial charge is 0.439 e. The van der Waals surface area contributed by atoms with Crippen LogP contribution in [0.2, 0.25) is 0 Å². The Labute approximate surface area is 166 Å². The molecule has 0 unspecified atom stereocenters. The summed E-state index contributed by atoms with van der Waals surface area (Å²) in [6, 6.07) is 11.5. The Morgan fingerprint density at radius 3 is 2.85 bits per heavy atom. The predicted molar refractivity (Wildman–Crippen MR) is 114 cm³/mol. The molecule has 0 spiro atoms. The number of anilines is 2. The Morgan fingerprint density at radius 1 is 1.30 bits per heavy atom. The van der Waals surface area contributed by atoms with Crippen LogP contribution in [0, 0.1) is 5.92 Å². The van der Waals surface area contributed by atoms with Crippen LogP contribution in [0.5, 0.6) is 11.6 Å². The van der Waals surface area contributed by atoms with E-state index in [9.17, 15) is 0 Å². The smallest absolute Gasteiger partial charge is 0.234 e. The van der Waals surface area contributed by atoms with Gasteiger partial charge in [-0.25, -0.2) is 0 Å². The number of aromatic nitrogens is 2. The van der Waals surface area contributed by atoms with Crippen LogP contribution in [0.1, 0.15) is 33.1 Å². The second kappa shape index (κ2) is 9.50. The second-order valence-corrected chi connectivity index (χ2v) is 7.29. The maximum atomic E-state index is 5.96. The number of thiocarbonyl (C=S) groups is 1. The Kier molecular flexibility index (Phi) is 6.81. The van der Waals surface area contributed by atoms with Gasteiger partial charge >= 0.3 is 0 Å². The maximum Gasteiger partial charge on any atom is 0.234 e. The van der Waals surface area contributed by atoms with Gasteiger partial charge < -0.3 is 20.3 Å². The summed E-state index contributed by atoms with van der Waals surface area (Å²) in [5.74, 6) is 3.21. The average Bonchev–Trinajstić information content (AvgIpc) is 2.67.